The van der Waals surface area contributed by atoms with Crippen LogP contribution >= 0.6 is 12.6 Å². The van der Waals surface area contributed by atoms with Crippen LogP contribution in [-0.2, 0) is 23.9 Å². The lowest BCUT2D eigenvalue weighted by atomic mass is 10.0. The Kier molecular flexibility index (Phi) is 13.9. The first-order chi connectivity index (χ1) is 14.4. The van der Waals surface area contributed by atoms with E-state index in [4.69, 9.17) is 15.9 Å². The lowest BCUT2D eigenvalue weighted by Crippen LogP contribution is -2.50. The highest BCUT2D eigenvalue weighted by molar-refractivity contribution is 7.80. The highest BCUT2D eigenvalue weighted by Gasteiger charge is 2.31. The number of hydrogen-bond acceptors (Lipinski definition) is 12. The summed E-state index contributed by atoms with van der Waals surface area (Å²) in [5.41, 5.74) is 5.28. The van der Waals surface area contributed by atoms with Gasteiger partial charge in [-0.3, -0.25) is 19.2 Å². The molecule has 180 valence electrons. The second kappa shape index (κ2) is 14.9. The van der Waals surface area contributed by atoms with Crippen molar-refractivity contribution in [1.29, 1.82) is 0 Å². The zero-order valence-corrected chi connectivity index (χ0v) is 17.4. The van der Waals surface area contributed by atoms with E-state index >= 15 is 0 Å². The minimum atomic E-state index is -1.91. The minimum absolute atomic E-state index is 0.131. The normalized spacial score (nSPS) is 16.9. The van der Waals surface area contributed by atoms with Crippen LogP contribution < -0.4 is 16.4 Å². The highest BCUT2D eigenvalue weighted by Crippen LogP contribution is 2.05. The smallest absolute Gasteiger partial charge is 0.325 e. The van der Waals surface area contributed by atoms with Crippen LogP contribution in [0.15, 0.2) is 0 Å². The molecule has 0 radical (unpaired) electrons. The molecule has 10 N–H and O–H groups in total. The van der Waals surface area contributed by atoms with Gasteiger partial charge in [-0.15, -0.1) is 0 Å². The van der Waals surface area contributed by atoms with Gasteiger partial charge in [0.25, 0.3) is 0 Å². The Balaban J connectivity index is 4.39. The van der Waals surface area contributed by atoms with E-state index in [0.29, 0.717) is 0 Å². The molecule has 0 bridgehead atoms. The van der Waals surface area contributed by atoms with Gasteiger partial charge in [-0.1, -0.05) is 0 Å². The maximum absolute atomic E-state index is 12.0. The highest BCUT2D eigenvalue weighted by atomic mass is 32.1. The van der Waals surface area contributed by atoms with Crippen LogP contribution in [-0.4, -0.2) is 116 Å². The number of nitrogens with two attached hydrogens (primary N) is 1. The van der Waals surface area contributed by atoms with E-state index < -0.39 is 80.0 Å². The number of hydrogen-bond donors (Lipinski definition) is 10. The number of carboxylic acid groups (broad SMARTS) is 1. The van der Waals surface area contributed by atoms with Crippen molar-refractivity contribution >= 4 is 36.4 Å². The van der Waals surface area contributed by atoms with Crippen molar-refractivity contribution < 1.29 is 54.6 Å². The van der Waals surface area contributed by atoms with E-state index in [9.17, 15) is 39.6 Å². The fraction of sp³-hybridized carbons (Fsp3) is 0.750. The molecule has 0 spiro atoms. The first-order valence-electron chi connectivity index (χ1n) is 9.09. The van der Waals surface area contributed by atoms with Crippen LogP contribution in [0.3, 0.4) is 0 Å². The molecule has 2 unspecified atom stereocenters. The van der Waals surface area contributed by atoms with Crippen molar-refractivity contribution in [1.82, 2.24) is 10.6 Å². The topological polar surface area (TPSA) is 249 Å². The number of thiol groups is 1. The quantitative estimate of drug-likeness (QED) is 0.0794. The zero-order chi connectivity index (χ0) is 24.1. The number of amides is 2. The van der Waals surface area contributed by atoms with Crippen LogP contribution in [0.1, 0.15) is 12.8 Å². The average Bonchev–Trinajstić information content (AvgIpc) is 2.75. The molecule has 31 heavy (non-hydrogen) atoms. The molecule has 0 heterocycles. The number of carbonyl (C=O) groups is 4. The standard InChI is InChI=1S/C16H29N3O11S/c17-7(16(28)29)1-2-11(23)19-8(6-31)15(27)18-3-12(24)30-5-10(22)14(26)13(25)9(21)4-20/h7-10,13-14,20-22,25-26,31H,1-6,17H2,(H,18,27)(H,19,23)(H,28,29)/t7?,8?,9-,10-,13-,14-/m1/s1. The van der Waals surface area contributed by atoms with Gasteiger partial charge in [0, 0.05) is 12.2 Å². The molecule has 0 saturated carbocycles. The van der Waals surface area contributed by atoms with Crippen LogP contribution in [0.4, 0.5) is 0 Å². The van der Waals surface area contributed by atoms with E-state index in [-0.39, 0.29) is 18.6 Å². The molecular formula is C16H29N3O11S. The van der Waals surface area contributed by atoms with Crippen molar-refractivity contribution in [2.45, 2.75) is 49.3 Å². The van der Waals surface area contributed by atoms with Crippen molar-refractivity contribution in [3.63, 3.8) is 0 Å². The second-order valence-electron chi connectivity index (χ2n) is 6.49. The number of ether oxygens (including phenoxy) is 1. The van der Waals surface area contributed by atoms with Gasteiger partial charge in [-0.2, -0.15) is 12.6 Å². The van der Waals surface area contributed by atoms with E-state index in [1.54, 1.807) is 0 Å². The third-order valence-corrected chi connectivity index (χ3v) is 4.35. The molecule has 14 nitrogen and oxygen atoms in total. The Morgan fingerprint density at radius 2 is 1.61 bits per heavy atom. The first kappa shape index (κ1) is 29.0. The van der Waals surface area contributed by atoms with Gasteiger partial charge >= 0.3 is 11.9 Å². The number of rotatable bonds is 15. The fourth-order valence-electron chi connectivity index (χ4n) is 2.04. The number of carbonyl (C=O) groups excluding carboxylic acids is 3. The van der Waals surface area contributed by atoms with E-state index in [1.807, 2.05) is 0 Å². The molecule has 0 aromatic rings. The Hall–Kier alpha value is -2.01. The SMILES string of the molecule is NC(CCC(=O)NC(CS)C(=O)NCC(=O)OC[C@@H](O)[C@@H](O)[C@H](O)[C@H](O)CO)C(=O)O. The Bertz CT molecular complexity index is 609. The molecule has 2 amide bonds. The summed E-state index contributed by atoms with van der Waals surface area (Å²) in [5.74, 6) is -3.85. The summed E-state index contributed by atoms with van der Waals surface area (Å²) < 4.78 is 4.63. The average molecular weight is 471 g/mol. The van der Waals surface area contributed by atoms with Gasteiger partial charge in [0.2, 0.25) is 11.8 Å². The van der Waals surface area contributed by atoms with Gasteiger partial charge in [0.05, 0.1) is 6.61 Å². The number of aliphatic carboxylic acids is 1. The Morgan fingerprint density at radius 1 is 1.03 bits per heavy atom. The van der Waals surface area contributed by atoms with E-state index in [0.717, 1.165) is 0 Å². The van der Waals surface area contributed by atoms with Gasteiger partial charge in [-0.25, -0.2) is 0 Å². The maximum Gasteiger partial charge on any atom is 0.325 e. The summed E-state index contributed by atoms with van der Waals surface area (Å²) in [6, 6.07) is -2.36. The molecule has 0 saturated heterocycles. The van der Waals surface area contributed by atoms with Crippen LogP contribution in [0.5, 0.6) is 0 Å². The van der Waals surface area contributed by atoms with E-state index in [2.05, 4.69) is 28.0 Å². The van der Waals surface area contributed by atoms with Gasteiger partial charge in [0.1, 0.15) is 49.7 Å². The monoisotopic (exact) mass is 471 g/mol. The summed E-state index contributed by atoms with van der Waals surface area (Å²) in [4.78, 5) is 46.1. The first-order valence-corrected chi connectivity index (χ1v) is 9.72. The van der Waals surface area contributed by atoms with Crippen molar-refractivity contribution in [3.05, 3.63) is 0 Å². The maximum atomic E-state index is 12.0. The number of aliphatic hydroxyl groups excluding tert-OH is 5. The van der Waals surface area contributed by atoms with Crippen molar-refractivity contribution in [2.75, 3.05) is 25.5 Å². The molecular weight excluding hydrogens is 442 g/mol. The third-order valence-electron chi connectivity index (χ3n) is 3.98. The zero-order valence-electron chi connectivity index (χ0n) is 16.5. The molecule has 6 atom stereocenters. The molecule has 0 aliphatic rings. The van der Waals surface area contributed by atoms with Gasteiger partial charge < -0.3 is 51.7 Å². The molecule has 0 aliphatic heterocycles. The molecule has 0 fully saturated rings. The third kappa shape index (κ3) is 11.3. The summed E-state index contributed by atoms with van der Waals surface area (Å²) in [6.45, 7) is -2.30. The number of esters is 1. The molecule has 0 aromatic carbocycles. The summed E-state index contributed by atoms with van der Waals surface area (Å²) >= 11 is 3.92. The minimum Gasteiger partial charge on any atom is -0.480 e. The lowest BCUT2D eigenvalue weighted by molar-refractivity contribution is -0.156. The van der Waals surface area contributed by atoms with Crippen LogP contribution in [0.2, 0.25) is 0 Å². The number of carboxylic acids is 1. The number of nitrogens with one attached hydrogen (secondary N) is 2. The lowest BCUT2D eigenvalue weighted by Gasteiger charge is -2.25. The Morgan fingerprint density at radius 3 is 2.13 bits per heavy atom. The summed E-state index contributed by atoms with van der Waals surface area (Å²) in [5, 5.41) is 59.7. The number of aliphatic hydroxyl groups is 5. The summed E-state index contributed by atoms with van der Waals surface area (Å²) in [7, 11) is 0. The van der Waals surface area contributed by atoms with Crippen LogP contribution in [0, 0.1) is 0 Å². The van der Waals surface area contributed by atoms with Crippen LogP contribution in [0.25, 0.3) is 0 Å². The van der Waals surface area contributed by atoms with E-state index in [1.165, 1.54) is 0 Å². The van der Waals surface area contributed by atoms with Gasteiger partial charge in [-0.05, 0) is 6.42 Å². The molecule has 15 heteroatoms. The predicted octanol–water partition coefficient (Wildman–Crippen LogP) is -5.31. The van der Waals surface area contributed by atoms with Crippen molar-refractivity contribution in [3.8, 4) is 0 Å². The fourth-order valence-corrected chi connectivity index (χ4v) is 2.30. The Labute approximate surface area is 182 Å². The largest absolute Gasteiger partial charge is 0.480 e. The van der Waals surface area contributed by atoms with Gasteiger partial charge in [0.15, 0.2) is 0 Å². The van der Waals surface area contributed by atoms with Crippen molar-refractivity contribution in [2.24, 2.45) is 5.73 Å². The predicted molar refractivity (Wildman–Crippen MR) is 106 cm³/mol. The summed E-state index contributed by atoms with van der Waals surface area (Å²) in [6.07, 6.45) is -7.69. The molecule has 0 rings (SSSR count). The second-order valence-corrected chi connectivity index (χ2v) is 6.85. The molecule has 0 aromatic heterocycles. The molecule has 0 aliphatic carbocycles.